The Kier molecular flexibility index (Phi) is 16.2. The van der Waals surface area contributed by atoms with Gasteiger partial charge in [-0.1, -0.05) is 36.6 Å². The number of benzene rings is 4. The molecule has 0 radical (unpaired) electrons. The standard InChI is InChI=1S/C50H46N2O14S/c1-3-44(53)61-29-59-36-17-21-38(22-18-36)63-46(55)31-9-11-33(12-10-31)48(57)65-40-25-26-42(35(27-40)28-51-50-52-41-7-5-6-8-43(41)67-50)66-49(58)34-15-13-32(14-16-34)47(56)64-39-23-19-37(20-24-39)60-30-62-45(54)4-2/h3-8,17-28,31-34H,1-2,9-16,29-30H2. The van der Waals surface area contributed by atoms with E-state index in [0.29, 0.717) is 85.1 Å². The first kappa shape index (κ1) is 47.3. The summed E-state index contributed by atoms with van der Waals surface area (Å²) in [5.74, 6) is -2.82. The molecule has 0 spiro atoms. The van der Waals surface area contributed by atoms with E-state index < -0.39 is 59.5 Å². The third-order valence-corrected chi connectivity index (χ3v) is 12.0. The van der Waals surface area contributed by atoms with E-state index >= 15 is 0 Å². The summed E-state index contributed by atoms with van der Waals surface area (Å²) in [7, 11) is 0. The summed E-state index contributed by atoms with van der Waals surface area (Å²) in [4.78, 5) is 84.6. The maximum Gasteiger partial charge on any atom is 0.333 e. The van der Waals surface area contributed by atoms with Crippen LogP contribution in [0.3, 0.4) is 0 Å². The summed E-state index contributed by atoms with van der Waals surface area (Å²) >= 11 is 1.39. The number of aliphatic imine (C=N–C) groups is 1. The maximum absolute atomic E-state index is 13.6. The summed E-state index contributed by atoms with van der Waals surface area (Å²) in [6.45, 7) is 6.06. The molecule has 2 aliphatic carbocycles. The van der Waals surface area contributed by atoms with Crippen molar-refractivity contribution in [2.75, 3.05) is 13.6 Å². The molecule has 0 saturated heterocycles. The van der Waals surface area contributed by atoms with Crippen molar-refractivity contribution in [1.29, 1.82) is 0 Å². The third kappa shape index (κ3) is 13.4. The number of carbonyl (C=O) groups is 6. The summed E-state index contributed by atoms with van der Waals surface area (Å²) < 4.78 is 44.2. The first-order chi connectivity index (χ1) is 32.5. The minimum atomic E-state index is -0.614. The molecule has 2 aliphatic rings. The maximum atomic E-state index is 13.6. The molecule has 7 rings (SSSR count). The molecule has 346 valence electrons. The highest BCUT2D eigenvalue weighted by molar-refractivity contribution is 7.22. The Balaban J connectivity index is 0.921. The summed E-state index contributed by atoms with van der Waals surface area (Å²) in [6, 6.07) is 24.9. The molecule has 4 aromatic carbocycles. The fourth-order valence-corrected chi connectivity index (χ4v) is 8.19. The van der Waals surface area contributed by atoms with Gasteiger partial charge in [-0.15, -0.1) is 0 Å². The molecule has 2 saturated carbocycles. The zero-order valence-corrected chi connectivity index (χ0v) is 37.0. The molecular formula is C50H46N2O14S. The number of carbonyl (C=O) groups excluding carboxylic acids is 6. The summed E-state index contributed by atoms with van der Waals surface area (Å²) in [5, 5.41) is 0.479. The molecule has 5 aromatic rings. The average Bonchev–Trinajstić information content (AvgIpc) is 3.78. The molecule has 0 aliphatic heterocycles. The van der Waals surface area contributed by atoms with Crippen LogP contribution in [0.4, 0.5) is 5.13 Å². The number of aromatic nitrogens is 1. The number of rotatable bonds is 18. The smallest absolute Gasteiger partial charge is 0.333 e. The quantitative estimate of drug-likeness (QED) is 0.0265. The molecule has 67 heavy (non-hydrogen) atoms. The van der Waals surface area contributed by atoms with Gasteiger partial charge in [0, 0.05) is 23.9 Å². The van der Waals surface area contributed by atoms with Crippen LogP contribution < -0.4 is 28.4 Å². The minimum absolute atomic E-state index is 0.206. The van der Waals surface area contributed by atoms with E-state index in [1.54, 1.807) is 66.7 Å². The van der Waals surface area contributed by atoms with Crippen molar-refractivity contribution in [3.05, 3.63) is 122 Å². The van der Waals surface area contributed by atoms with Gasteiger partial charge in [0.15, 0.2) is 0 Å². The van der Waals surface area contributed by atoms with E-state index in [9.17, 15) is 28.8 Å². The summed E-state index contributed by atoms with van der Waals surface area (Å²) in [6.07, 6.45) is 6.89. The first-order valence-electron chi connectivity index (χ1n) is 21.5. The number of esters is 6. The number of hydrogen-bond donors (Lipinski definition) is 0. The fraction of sp³-hybridized carbons (Fsp3) is 0.280. The van der Waals surface area contributed by atoms with Gasteiger partial charge in [-0.3, -0.25) is 19.2 Å². The predicted octanol–water partition coefficient (Wildman–Crippen LogP) is 8.81. The molecule has 17 heteroatoms. The number of fused-ring (bicyclic) bond motifs is 1. The lowest BCUT2D eigenvalue weighted by Gasteiger charge is -2.26. The lowest BCUT2D eigenvalue weighted by atomic mass is 9.82. The molecule has 1 heterocycles. The van der Waals surface area contributed by atoms with E-state index in [1.165, 1.54) is 17.6 Å². The topological polar surface area (TPSA) is 202 Å². The number of nitrogens with zero attached hydrogens (tertiary/aromatic N) is 2. The predicted molar refractivity (Wildman–Crippen MR) is 243 cm³/mol. The van der Waals surface area contributed by atoms with Crippen LogP contribution >= 0.6 is 11.3 Å². The number of thiazole rings is 1. The van der Waals surface area contributed by atoms with Gasteiger partial charge in [0.05, 0.1) is 33.9 Å². The normalized spacial score (nSPS) is 17.9. The largest absolute Gasteiger partial charge is 0.457 e. The fourth-order valence-electron chi connectivity index (χ4n) is 7.38. The van der Waals surface area contributed by atoms with Gasteiger partial charge >= 0.3 is 35.8 Å². The van der Waals surface area contributed by atoms with Crippen molar-refractivity contribution in [1.82, 2.24) is 4.98 Å². The van der Waals surface area contributed by atoms with Crippen LogP contribution in [-0.2, 0) is 38.2 Å². The lowest BCUT2D eigenvalue weighted by molar-refractivity contribution is -0.145. The second kappa shape index (κ2) is 23.0. The second-order valence-corrected chi connectivity index (χ2v) is 16.5. The average molecular weight is 931 g/mol. The van der Waals surface area contributed by atoms with Gasteiger partial charge in [-0.2, -0.15) is 0 Å². The van der Waals surface area contributed by atoms with E-state index in [-0.39, 0.29) is 25.1 Å². The molecule has 16 nitrogen and oxygen atoms in total. The Morgan fingerprint density at radius 1 is 0.552 bits per heavy atom. The van der Waals surface area contributed by atoms with Crippen molar-refractivity contribution in [3.63, 3.8) is 0 Å². The van der Waals surface area contributed by atoms with Gasteiger partial charge in [-0.25, -0.2) is 19.6 Å². The Labute approximate surface area is 389 Å². The highest BCUT2D eigenvalue weighted by atomic mass is 32.1. The molecule has 1 aromatic heterocycles. The zero-order chi connectivity index (χ0) is 47.1. The van der Waals surface area contributed by atoms with Crippen LogP contribution in [0, 0.1) is 23.7 Å². The van der Waals surface area contributed by atoms with E-state index in [2.05, 4.69) is 23.1 Å². The number of hydrogen-bond acceptors (Lipinski definition) is 17. The van der Waals surface area contributed by atoms with Crippen LogP contribution in [0.5, 0.6) is 34.5 Å². The van der Waals surface area contributed by atoms with Crippen molar-refractivity contribution >= 4 is 68.7 Å². The summed E-state index contributed by atoms with van der Waals surface area (Å²) in [5.41, 5.74) is 1.17. The molecule has 0 atom stereocenters. The molecular weight excluding hydrogens is 885 g/mol. The molecule has 0 amide bonds. The zero-order valence-electron chi connectivity index (χ0n) is 36.2. The Bertz CT molecular complexity index is 2590. The SMILES string of the molecule is C=CC(=O)OCOc1ccc(OC(=O)C2CCC(C(=O)Oc3ccc(OC(=O)C4CCC(C(=O)Oc5ccc(OCOC(=O)C=C)cc5)CC4)c(C=Nc4nc5ccccc5s4)c3)CC2)cc1. The Morgan fingerprint density at radius 3 is 1.43 bits per heavy atom. The van der Waals surface area contributed by atoms with Crippen molar-refractivity contribution in [2.24, 2.45) is 28.7 Å². The van der Waals surface area contributed by atoms with Crippen LogP contribution in [-0.4, -0.2) is 60.6 Å². The van der Waals surface area contributed by atoms with Crippen LogP contribution in [0.1, 0.15) is 56.9 Å². The minimum Gasteiger partial charge on any atom is -0.457 e. The van der Waals surface area contributed by atoms with Crippen molar-refractivity contribution in [2.45, 2.75) is 51.4 Å². The van der Waals surface area contributed by atoms with E-state index in [4.69, 9.17) is 37.9 Å². The van der Waals surface area contributed by atoms with Gasteiger partial charge in [0.25, 0.3) is 0 Å². The van der Waals surface area contributed by atoms with Crippen LogP contribution in [0.15, 0.2) is 121 Å². The third-order valence-electron chi connectivity index (χ3n) is 11.1. The Hall–Kier alpha value is -7.66. The van der Waals surface area contributed by atoms with E-state index in [1.807, 2.05) is 24.3 Å². The molecule has 0 bridgehead atoms. The molecule has 0 N–H and O–H groups in total. The second-order valence-electron chi connectivity index (χ2n) is 15.5. The van der Waals surface area contributed by atoms with Crippen LogP contribution in [0.25, 0.3) is 10.2 Å². The van der Waals surface area contributed by atoms with Crippen molar-refractivity contribution in [3.8, 4) is 34.5 Å². The first-order valence-corrected chi connectivity index (χ1v) is 22.3. The van der Waals surface area contributed by atoms with Gasteiger partial charge < -0.3 is 37.9 Å². The van der Waals surface area contributed by atoms with Gasteiger partial charge in [-0.05, 0) is 130 Å². The van der Waals surface area contributed by atoms with Gasteiger partial charge in [0.1, 0.15) is 34.5 Å². The lowest BCUT2D eigenvalue weighted by Crippen LogP contribution is -2.30. The highest BCUT2D eigenvalue weighted by Crippen LogP contribution is 2.35. The molecule has 0 unspecified atom stereocenters. The van der Waals surface area contributed by atoms with Gasteiger partial charge in [0.2, 0.25) is 18.7 Å². The van der Waals surface area contributed by atoms with Crippen molar-refractivity contribution < 1.29 is 66.7 Å². The number of ether oxygens (including phenoxy) is 8. The number of para-hydroxylation sites is 1. The highest BCUT2D eigenvalue weighted by Gasteiger charge is 2.34. The monoisotopic (exact) mass is 930 g/mol. The van der Waals surface area contributed by atoms with Crippen LogP contribution in [0.2, 0.25) is 0 Å². The van der Waals surface area contributed by atoms with E-state index in [0.717, 1.165) is 22.4 Å². The molecule has 2 fully saturated rings. The Morgan fingerprint density at radius 2 is 0.970 bits per heavy atom.